The third-order valence-corrected chi connectivity index (χ3v) is 4.60. The maximum atomic E-state index is 3.64. The van der Waals surface area contributed by atoms with Gasteiger partial charge in [-0.15, -0.1) is 0 Å². The monoisotopic (exact) mass is 238 g/mol. The van der Waals surface area contributed by atoms with Crippen molar-refractivity contribution in [3.8, 4) is 0 Å². The number of hydrogen-bond donors (Lipinski definition) is 2. The molecule has 0 heterocycles. The normalized spacial score (nSPS) is 22.9. The van der Waals surface area contributed by atoms with Gasteiger partial charge >= 0.3 is 0 Å². The molecule has 2 fully saturated rings. The highest BCUT2D eigenvalue weighted by molar-refractivity contribution is 4.84. The van der Waals surface area contributed by atoms with E-state index in [4.69, 9.17) is 0 Å². The molecular formula is C15H30N2. The van der Waals surface area contributed by atoms with E-state index in [0.717, 1.165) is 25.0 Å². The van der Waals surface area contributed by atoms with Gasteiger partial charge in [0.05, 0.1) is 0 Å². The highest BCUT2D eigenvalue weighted by Gasteiger charge is 2.30. The van der Waals surface area contributed by atoms with Gasteiger partial charge in [-0.3, -0.25) is 0 Å². The Morgan fingerprint density at radius 3 is 2.29 bits per heavy atom. The highest BCUT2D eigenvalue weighted by Crippen LogP contribution is 2.37. The fraction of sp³-hybridized carbons (Fsp3) is 1.00. The number of rotatable bonds is 7. The molecule has 0 spiro atoms. The van der Waals surface area contributed by atoms with Gasteiger partial charge in [-0.25, -0.2) is 0 Å². The lowest BCUT2D eigenvalue weighted by molar-refractivity contribution is 0.154. The van der Waals surface area contributed by atoms with Gasteiger partial charge < -0.3 is 10.6 Å². The van der Waals surface area contributed by atoms with Crippen LogP contribution in [0.5, 0.6) is 0 Å². The smallest absolute Gasteiger partial charge is 0.00793 e. The summed E-state index contributed by atoms with van der Waals surface area (Å²) in [6.07, 6.45) is 10.1. The Morgan fingerprint density at radius 2 is 1.65 bits per heavy atom. The summed E-state index contributed by atoms with van der Waals surface area (Å²) in [6, 6.07) is 0.850. The summed E-state index contributed by atoms with van der Waals surface area (Å²) in [5.74, 6) is 0.945. The zero-order chi connectivity index (χ0) is 12.1. The van der Waals surface area contributed by atoms with Crippen molar-refractivity contribution < 1.29 is 0 Å². The molecule has 0 atom stereocenters. The first kappa shape index (κ1) is 13.4. The maximum Gasteiger partial charge on any atom is 0.00793 e. The second kappa shape index (κ2) is 6.19. The van der Waals surface area contributed by atoms with Crippen LogP contribution in [0.15, 0.2) is 0 Å². The van der Waals surface area contributed by atoms with Crippen molar-refractivity contribution in [2.24, 2.45) is 11.3 Å². The van der Waals surface area contributed by atoms with E-state index in [9.17, 15) is 0 Å². The van der Waals surface area contributed by atoms with Crippen molar-refractivity contribution in [3.63, 3.8) is 0 Å². The van der Waals surface area contributed by atoms with Gasteiger partial charge in [0.1, 0.15) is 0 Å². The minimum atomic E-state index is 0.486. The molecule has 2 aliphatic rings. The Labute approximate surface area is 107 Å². The SMILES string of the molecule is CC(C)(CNCCNC1CC1)C1CCCCC1. The van der Waals surface area contributed by atoms with Crippen LogP contribution >= 0.6 is 0 Å². The molecule has 0 radical (unpaired) electrons. The third-order valence-electron chi connectivity index (χ3n) is 4.60. The van der Waals surface area contributed by atoms with E-state index < -0.39 is 0 Å². The largest absolute Gasteiger partial charge is 0.315 e. The average Bonchev–Trinajstić information content (AvgIpc) is 3.14. The lowest BCUT2D eigenvalue weighted by atomic mass is 9.71. The Balaban J connectivity index is 1.57. The molecule has 0 saturated heterocycles. The highest BCUT2D eigenvalue weighted by atomic mass is 15.0. The van der Waals surface area contributed by atoms with Crippen LogP contribution < -0.4 is 10.6 Å². The molecule has 2 heteroatoms. The van der Waals surface area contributed by atoms with Gasteiger partial charge in [-0.1, -0.05) is 33.1 Å². The van der Waals surface area contributed by atoms with Crippen molar-refractivity contribution in [2.75, 3.05) is 19.6 Å². The number of hydrogen-bond acceptors (Lipinski definition) is 2. The van der Waals surface area contributed by atoms with Crippen LogP contribution in [0, 0.1) is 11.3 Å². The van der Waals surface area contributed by atoms with Crippen LogP contribution in [-0.4, -0.2) is 25.7 Å². The van der Waals surface area contributed by atoms with Crippen LogP contribution in [0.4, 0.5) is 0 Å². The first-order valence-corrected chi connectivity index (χ1v) is 7.62. The summed E-state index contributed by atoms with van der Waals surface area (Å²) < 4.78 is 0. The summed E-state index contributed by atoms with van der Waals surface area (Å²) in [6.45, 7) is 8.36. The molecule has 0 bridgehead atoms. The molecule has 2 aliphatic carbocycles. The van der Waals surface area contributed by atoms with Gasteiger partial charge in [-0.05, 0) is 37.0 Å². The second-order valence-electron chi connectivity index (χ2n) is 6.73. The van der Waals surface area contributed by atoms with Gasteiger partial charge in [-0.2, -0.15) is 0 Å². The zero-order valence-corrected chi connectivity index (χ0v) is 11.7. The predicted octanol–water partition coefficient (Wildman–Crippen LogP) is 2.93. The Morgan fingerprint density at radius 1 is 0.941 bits per heavy atom. The van der Waals surface area contributed by atoms with Crippen LogP contribution in [0.3, 0.4) is 0 Å². The molecule has 100 valence electrons. The molecule has 2 rings (SSSR count). The molecule has 2 nitrogen and oxygen atoms in total. The standard InChI is InChI=1S/C15H30N2/c1-15(2,13-6-4-3-5-7-13)12-16-10-11-17-14-8-9-14/h13-14,16-17H,3-12H2,1-2H3. The predicted molar refractivity (Wildman–Crippen MR) is 74.3 cm³/mol. The van der Waals surface area contributed by atoms with Crippen molar-refractivity contribution in [2.45, 2.75) is 64.8 Å². The molecule has 0 aliphatic heterocycles. The fourth-order valence-electron chi connectivity index (χ4n) is 3.09. The summed E-state index contributed by atoms with van der Waals surface area (Å²) in [5.41, 5.74) is 0.486. The molecule has 0 amide bonds. The Hall–Kier alpha value is -0.0800. The van der Waals surface area contributed by atoms with E-state index in [1.807, 2.05) is 0 Å². The minimum absolute atomic E-state index is 0.486. The van der Waals surface area contributed by atoms with Crippen molar-refractivity contribution >= 4 is 0 Å². The molecule has 0 unspecified atom stereocenters. The quantitative estimate of drug-likeness (QED) is 0.666. The fourth-order valence-corrected chi connectivity index (χ4v) is 3.09. The van der Waals surface area contributed by atoms with E-state index in [-0.39, 0.29) is 0 Å². The molecular weight excluding hydrogens is 208 g/mol. The topological polar surface area (TPSA) is 24.1 Å². The summed E-state index contributed by atoms with van der Waals surface area (Å²) >= 11 is 0. The summed E-state index contributed by atoms with van der Waals surface area (Å²) in [4.78, 5) is 0. The summed E-state index contributed by atoms with van der Waals surface area (Å²) in [5, 5.41) is 7.20. The van der Waals surface area contributed by atoms with Crippen molar-refractivity contribution in [1.82, 2.24) is 10.6 Å². The molecule has 0 aromatic heterocycles. The lowest BCUT2D eigenvalue weighted by Crippen LogP contribution is -2.39. The first-order valence-electron chi connectivity index (χ1n) is 7.62. The van der Waals surface area contributed by atoms with Gasteiger partial charge in [0.2, 0.25) is 0 Å². The zero-order valence-electron chi connectivity index (χ0n) is 11.7. The molecule has 2 N–H and O–H groups in total. The van der Waals surface area contributed by atoms with Crippen LogP contribution in [0.1, 0.15) is 58.8 Å². The van der Waals surface area contributed by atoms with E-state index in [0.29, 0.717) is 5.41 Å². The van der Waals surface area contributed by atoms with Gasteiger partial charge in [0.15, 0.2) is 0 Å². The Kier molecular flexibility index (Phi) is 4.87. The van der Waals surface area contributed by atoms with Crippen molar-refractivity contribution in [3.05, 3.63) is 0 Å². The van der Waals surface area contributed by atoms with Crippen LogP contribution in [0.2, 0.25) is 0 Å². The maximum absolute atomic E-state index is 3.64. The van der Waals surface area contributed by atoms with Crippen molar-refractivity contribution in [1.29, 1.82) is 0 Å². The molecule has 0 aromatic carbocycles. The third kappa shape index (κ3) is 4.59. The first-order chi connectivity index (χ1) is 8.18. The second-order valence-corrected chi connectivity index (χ2v) is 6.73. The van der Waals surface area contributed by atoms with E-state index in [1.165, 1.54) is 51.5 Å². The molecule has 2 saturated carbocycles. The van der Waals surface area contributed by atoms with E-state index >= 15 is 0 Å². The molecule has 17 heavy (non-hydrogen) atoms. The van der Waals surface area contributed by atoms with E-state index in [2.05, 4.69) is 24.5 Å². The average molecular weight is 238 g/mol. The minimum Gasteiger partial charge on any atom is -0.315 e. The lowest BCUT2D eigenvalue weighted by Gasteiger charge is -2.37. The Bertz CT molecular complexity index is 215. The van der Waals surface area contributed by atoms with Gasteiger partial charge in [0, 0.05) is 25.7 Å². The summed E-state index contributed by atoms with van der Waals surface area (Å²) in [7, 11) is 0. The van der Waals surface area contributed by atoms with Gasteiger partial charge in [0.25, 0.3) is 0 Å². The molecule has 0 aromatic rings. The van der Waals surface area contributed by atoms with Crippen LogP contribution in [0.25, 0.3) is 0 Å². The van der Waals surface area contributed by atoms with E-state index in [1.54, 1.807) is 0 Å². The number of nitrogens with one attached hydrogen (secondary N) is 2. The van der Waals surface area contributed by atoms with Crippen LogP contribution in [-0.2, 0) is 0 Å².